The maximum absolute atomic E-state index is 11.7. The number of carboxylic acids is 1. The number of primary amides is 1. The Bertz CT molecular complexity index is 502. The van der Waals surface area contributed by atoms with E-state index in [4.69, 9.17) is 16.6 Å². The number of benzene rings is 1. The molecule has 0 aliphatic carbocycles. The number of amides is 2. The number of nitrogens with two attached hydrogens (primary N) is 2. The van der Waals surface area contributed by atoms with E-state index in [1.807, 2.05) is 0 Å². The summed E-state index contributed by atoms with van der Waals surface area (Å²) in [5.74, 6) is -2.12. The van der Waals surface area contributed by atoms with Gasteiger partial charge in [-0.2, -0.15) is 0 Å². The molecule has 0 saturated heterocycles. The van der Waals surface area contributed by atoms with E-state index in [1.54, 1.807) is 6.07 Å². The Hall–Kier alpha value is -2.41. The summed E-state index contributed by atoms with van der Waals surface area (Å²) >= 11 is 0. The average Bonchev–Trinajstić information content (AvgIpc) is 2.36. The van der Waals surface area contributed by atoms with Crippen LogP contribution in [0.4, 0.5) is 5.69 Å². The van der Waals surface area contributed by atoms with Gasteiger partial charge in [-0.1, -0.05) is 6.07 Å². The van der Waals surface area contributed by atoms with Gasteiger partial charge in [0.1, 0.15) is 0 Å². The van der Waals surface area contributed by atoms with Gasteiger partial charge in [0, 0.05) is 12.1 Å². The molecular weight excluding hydrogens is 250 g/mol. The van der Waals surface area contributed by atoms with Crippen molar-refractivity contribution in [2.75, 3.05) is 5.32 Å². The first-order valence-electron chi connectivity index (χ1n) is 5.58. The number of rotatable bonds is 6. The van der Waals surface area contributed by atoms with Crippen LogP contribution in [0.15, 0.2) is 24.3 Å². The normalized spacial score (nSPS) is 11.6. The van der Waals surface area contributed by atoms with E-state index >= 15 is 0 Å². The van der Waals surface area contributed by atoms with Crippen molar-refractivity contribution < 1.29 is 19.5 Å². The first-order valence-corrected chi connectivity index (χ1v) is 5.58. The molecule has 2 amide bonds. The van der Waals surface area contributed by atoms with Crippen LogP contribution in [-0.2, 0) is 9.59 Å². The van der Waals surface area contributed by atoms with Crippen molar-refractivity contribution in [1.29, 1.82) is 0 Å². The molecule has 102 valence electrons. The van der Waals surface area contributed by atoms with Gasteiger partial charge in [0.05, 0.1) is 11.6 Å². The van der Waals surface area contributed by atoms with Crippen molar-refractivity contribution in [1.82, 2.24) is 0 Å². The molecule has 6 N–H and O–H groups in total. The number of hydrogen-bond donors (Lipinski definition) is 4. The van der Waals surface area contributed by atoms with Crippen molar-refractivity contribution in [2.24, 2.45) is 11.5 Å². The zero-order valence-corrected chi connectivity index (χ0v) is 10.1. The Morgan fingerprint density at radius 2 is 2.00 bits per heavy atom. The van der Waals surface area contributed by atoms with Crippen molar-refractivity contribution in [3.05, 3.63) is 29.8 Å². The molecule has 1 aromatic carbocycles. The van der Waals surface area contributed by atoms with Gasteiger partial charge < -0.3 is 21.9 Å². The lowest BCUT2D eigenvalue weighted by molar-refractivity contribution is -0.119. The largest absolute Gasteiger partial charge is 0.478 e. The number of carbonyl (C=O) groups excluding carboxylic acids is 2. The lowest BCUT2D eigenvalue weighted by Crippen LogP contribution is -2.36. The highest BCUT2D eigenvalue weighted by Gasteiger charge is 2.15. The second-order valence-electron chi connectivity index (χ2n) is 3.99. The van der Waals surface area contributed by atoms with E-state index in [9.17, 15) is 14.4 Å². The molecule has 0 unspecified atom stereocenters. The average molecular weight is 265 g/mol. The standard InChI is InChI=1S/C12H15N3O4/c13-9(4-5-10(14)16)11(17)15-8-3-1-2-7(6-8)12(18)19/h1-3,6,9H,4-5,13H2,(H2,14,16)(H,15,17)(H,18,19)/t9-/m0/s1. The maximum Gasteiger partial charge on any atom is 0.335 e. The van der Waals surface area contributed by atoms with Gasteiger partial charge in [0.2, 0.25) is 11.8 Å². The minimum atomic E-state index is -1.09. The van der Waals surface area contributed by atoms with Gasteiger partial charge in [0.15, 0.2) is 0 Å². The number of anilines is 1. The molecular formula is C12H15N3O4. The van der Waals surface area contributed by atoms with E-state index in [0.717, 1.165) is 0 Å². The summed E-state index contributed by atoms with van der Waals surface area (Å²) in [4.78, 5) is 33.0. The van der Waals surface area contributed by atoms with Crippen LogP contribution in [0.3, 0.4) is 0 Å². The highest BCUT2D eigenvalue weighted by molar-refractivity contribution is 5.96. The van der Waals surface area contributed by atoms with Gasteiger partial charge >= 0.3 is 5.97 Å². The van der Waals surface area contributed by atoms with E-state index in [-0.39, 0.29) is 18.4 Å². The van der Waals surface area contributed by atoms with Gasteiger partial charge in [-0.15, -0.1) is 0 Å². The summed E-state index contributed by atoms with van der Waals surface area (Å²) < 4.78 is 0. The van der Waals surface area contributed by atoms with Crippen molar-refractivity contribution in [3.63, 3.8) is 0 Å². The SMILES string of the molecule is NC(=O)CC[C@H](N)C(=O)Nc1cccc(C(=O)O)c1. The van der Waals surface area contributed by atoms with Crippen LogP contribution >= 0.6 is 0 Å². The van der Waals surface area contributed by atoms with Gasteiger partial charge in [-0.3, -0.25) is 9.59 Å². The molecule has 1 aromatic rings. The highest BCUT2D eigenvalue weighted by Crippen LogP contribution is 2.11. The first kappa shape index (κ1) is 14.7. The molecule has 7 heteroatoms. The lowest BCUT2D eigenvalue weighted by Gasteiger charge is -2.11. The fourth-order valence-corrected chi connectivity index (χ4v) is 1.39. The topological polar surface area (TPSA) is 136 Å². The fourth-order valence-electron chi connectivity index (χ4n) is 1.39. The predicted octanol–water partition coefficient (Wildman–Crippen LogP) is -0.0839. The van der Waals surface area contributed by atoms with Crippen LogP contribution in [0.1, 0.15) is 23.2 Å². The summed E-state index contributed by atoms with van der Waals surface area (Å²) in [5.41, 5.74) is 10.9. The number of nitrogens with one attached hydrogen (secondary N) is 1. The Morgan fingerprint density at radius 1 is 1.32 bits per heavy atom. The molecule has 0 bridgehead atoms. The highest BCUT2D eigenvalue weighted by atomic mass is 16.4. The second kappa shape index (κ2) is 6.50. The zero-order valence-electron chi connectivity index (χ0n) is 10.1. The van der Waals surface area contributed by atoms with E-state index in [2.05, 4.69) is 5.32 Å². The smallest absolute Gasteiger partial charge is 0.335 e. The zero-order chi connectivity index (χ0) is 14.4. The molecule has 0 radical (unpaired) electrons. The van der Waals surface area contributed by atoms with E-state index in [0.29, 0.717) is 5.69 Å². The minimum Gasteiger partial charge on any atom is -0.478 e. The number of carbonyl (C=O) groups is 3. The molecule has 0 fully saturated rings. The Labute approximate surface area is 109 Å². The molecule has 0 aliphatic rings. The van der Waals surface area contributed by atoms with E-state index < -0.39 is 23.8 Å². The van der Waals surface area contributed by atoms with Crippen LogP contribution in [-0.4, -0.2) is 28.9 Å². The molecule has 1 rings (SSSR count). The molecule has 0 saturated carbocycles. The second-order valence-corrected chi connectivity index (χ2v) is 3.99. The number of carboxylic acid groups (broad SMARTS) is 1. The van der Waals surface area contributed by atoms with Crippen LogP contribution in [0.2, 0.25) is 0 Å². The molecule has 0 spiro atoms. The minimum absolute atomic E-state index is 0.0176. The third-order valence-electron chi connectivity index (χ3n) is 2.42. The summed E-state index contributed by atoms with van der Waals surface area (Å²) in [5, 5.41) is 11.3. The van der Waals surface area contributed by atoms with Crippen molar-refractivity contribution in [3.8, 4) is 0 Å². The fraction of sp³-hybridized carbons (Fsp3) is 0.250. The summed E-state index contributed by atoms with van der Waals surface area (Å²) in [7, 11) is 0. The summed E-state index contributed by atoms with van der Waals surface area (Å²) in [6.45, 7) is 0. The Morgan fingerprint density at radius 3 is 2.58 bits per heavy atom. The van der Waals surface area contributed by atoms with Crippen LogP contribution in [0.5, 0.6) is 0 Å². The molecule has 7 nitrogen and oxygen atoms in total. The number of hydrogen-bond acceptors (Lipinski definition) is 4. The van der Waals surface area contributed by atoms with Crippen LogP contribution in [0.25, 0.3) is 0 Å². The first-order chi connectivity index (χ1) is 8.90. The lowest BCUT2D eigenvalue weighted by atomic mass is 10.1. The van der Waals surface area contributed by atoms with Crippen LogP contribution < -0.4 is 16.8 Å². The molecule has 1 atom stereocenters. The Balaban J connectivity index is 2.63. The van der Waals surface area contributed by atoms with Gasteiger partial charge in [-0.05, 0) is 24.6 Å². The van der Waals surface area contributed by atoms with Gasteiger partial charge in [-0.25, -0.2) is 4.79 Å². The molecule has 0 aliphatic heterocycles. The predicted molar refractivity (Wildman–Crippen MR) is 68.4 cm³/mol. The molecule has 0 heterocycles. The maximum atomic E-state index is 11.7. The third-order valence-corrected chi connectivity index (χ3v) is 2.42. The monoisotopic (exact) mass is 265 g/mol. The Kier molecular flexibility index (Phi) is 5.01. The van der Waals surface area contributed by atoms with Gasteiger partial charge in [0.25, 0.3) is 0 Å². The van der Waals surface area contributed by atoms with Crippen molar-refractivity contribution in [2.45, 2.75) is 18.9 Å². The number of aromatic carboxylic acids is 1. The quantitative estimate of drug-likeness (QED) is 0.570. The van der Waals surface area contributed by atoms with Crippen molar-refractivity contribution >= 4 is 23.5 Å². The third kappa shape index (κ3) is 4.76. The van der Waals surface area contributed by atoms with E-state index in [1.165, 1.54) is 18.2 Å². The molecule has 0 aromatic heterocycles. The van der Waals surface area contributed by atoms with Crippen LogP contribution in [0, 0.1) is 0 Å². The molecule has 19 heavy (non-hydrogen) atoms. The summed E-state index contributed by atoms with van der Waals surface area (Å²) in [6, 6.07) is 4.91. The summed E-state index contributed by atoms with van der Waals surface area (Å²) in [6.07, 6.45) is 0.156.